The molecule has 0 radical (unpaired) electrons. The molecule has 0 spiro atoms. The van der Waals surface area contributed by atoms with Crippen LogP contribution in [0.3, 0.4) is 0 Å². The number of amides is 1. The van der Waals surface area contributed by atoms with Gasteiger partial charge in [0.1, 0.15) is 6.17 Å². The van der Waals surface area contributed by atoms with Gasteiger partial charge >= 0.3 is 0 Å². The van der Waals surface area contributed by atoms with Crippen LogP contribution in [0.4, 0.5) is 5.69 Å². The highest BCUT2D eigenvalue weighted by Gasteiger charge is 2.37. The van der Waals surface area contributed by atoms with E-state index in [0.29, 0.717) is 5.56 Å². The van der Waals surface area contributed by atoms with Crippen molar-refractivity contribution in [2.45, 2.75) is 18.6 Å². The van der Waals surface area contributed by atoms with E-state index in [9.17, 15) is 4.79 Å². The zero-order valence-corrected chi connectivity index (χ0v) is 13.5. The van der Waals surface area contributed by atoms with E-state index in [4.69, 9.17) is 5.73 Å². The largest absolute Gasteiger partial charge is 0.346 e. The minimum absolute atomic E-state index is 0.0264. The quantitative estimate of drug-likeness (QED) is 0.720. The summed E-state index contributed by atoms with van der Waals surface area (Å²) < 4.78 is 0. The summed E-state index contributed by atoms with van der Waals surface area (Å²) in [4.78, 5) is 19.2. The zero-order chi connectivity index (χ0) is 17.0. The molecule has 5 heteroatoms. The molecule has 1 aromatic heterocycles. The third-order valence-electron chi connectivity index (χ3n) is 5.07. The Balaban J connectivity index is 1.66. The Hall–Kier alpha value is -3.10. The summed E-state index contributed by atoms with van der Waals surface area (Å²) in [7, 11) is 0. The Morgan fingerprint density at radius 2 is 2.20 bits per heavy atom. The minimum atomic E-state index is -0.216. The first-order valence-corrected chi connectivity index (χ1v) is 8.36. The number of fused-ring (bicyclic) bond motifs is 1. The normalized spacial score (nSPS) is 21.5. The average molecular weight is 328 g/mol. The summed E-state index contributed by atoms with van der Waals surface area (Å²) in [5.41, 5.74) is 10.9. The SMILES string of the molecule is N[C@@H]1CCN2c3c(cccc31)C(=O)N[C@@H]2c1ccc2ncc#cc2c1. The first kappa shape index (κ1) is 14.3. The van der Waals surface area contributed by atoms with Gasteiger partial charge in [0.05, 0.1) is 28.4 Å². The maximum absolute atomic E-state index is 12.7. The standard InChI is InChI=1S/C20H16N4O/c21-16-8-10-24-18-14(16)4-1-5-15(18)20(25)23-19(24)13-6-7-17-12(11-13)3-2-9-22-17/h1,4-7,9,11,16,19H,8,10,21H2,(H,23,25)/t16-,19+/m1/s1. The van der Waals surface area contributed by atoms with Gasteiger partial charge in [-0.2, -0.15) is 0 Å². The molecule has 3 heterocycles. The predicted molar refractivity (Wildman–Crippen MR) is 95.0 cm³/mol. The third kappa shape index (κ3) is 2.08. The number of carbonyl (C=O) groups is 1. The number of anilines is 1. The van der Waals surface area contributed by atoms with Crippen molar-refractivity contribution in [2.75, 3.05) is 11.4 Å². The van der Waals surface area contributed by atoms with Crippen LogP contribution in [0.2, 0.25) is 0 Å². The fourth-order valence-electron chi connectivity index (χ4n) is 3.86. The topological polar surface area (TPSA) is 71.2 Å². The van der Waals surface area contributed by atoms with Crippen molar-refractivity contribution in [1.29, 1.82) is 0 Å². The van der Waals surface area contributed by atoms with Gasteiger partial charge in [0.25, 0.3) is 5.91 Å². The monoisotopic (exact) mass is 328 g/mol. The number of nitrogens with one attached hydrogen (secondary N) is 1. The number of benzene rings is 2. The van der Waals surface area contributed by atoms with Crippen LogP contribution in [0, 0.1) is 12.1 Å². The maximum atomic E-state index is 12.7. The van der Waals surface area contributed by atoms with E-state index in [1.165, 1.54) is 0 Å². The first-order chi connectivity index (χ1) is 12.2. The number of hydrogen-bond donors (Lipinski definition) is 2. The highest BCUT2D eigenvalue weighted by molar-refractivity contribution is 6.03. The van der Waals surface area contributed by atoms with Crippen LogP contribution in [0.15, 0.2) is 42.6 Å². The minimum Gasteiger partial charge on any atom is -0.346 e. The number of aromatic nitrogens is 1. The Bertz CT molecular complexity index is 1000. The van der Waals surface area contributed by atoms with E-state index in [0.717, 1.165) is 40.7 Å². The van der Waals surface area contributed by atoms with E-state index in [1.54, 1.807) is 6.20 Å². The van der Waals surface area contributed by atoms with Crippen LogP contribution in [-0.2, 0) is 0 Å². The number of nitrogens with two attached hydrogens (primary N) is 1. The molecule has 5 nitrogen and oxygen atoms in total. The summed E-state index contributed by atoms with van der Waals surface area (Å²) in [5, 5.41) is 4.02. The predicted octanol–water partition coefficient (Wildman–Crippen LogP) is 2.49. The molecule has 0 fully saturated rings. The van der Waals surface area contributed by atoms with E-state index in [-0.39, 0.29) is 18.1 Å². The van der Waals surface area contributed by atoms with Gasteiger partial charge in [0.15, 0.2) is 0 Å². The highest BCUT2D eigenvalue weighted by atomic mass is 16.2. The maximum Gasteiger partial charge on any atom is 0.255 e. The fraction of sp³-hybridized carbons (Fsp3) is 0.200. The van der Waals surface area contributed by atoms with E-state index in [2.05, 4.69) is 27.3 Å². The molecule has 1 amide bonds. The van der Waals surface area contributed by atoms with Crippen LogP contribution in [-0.4, -0.2) is 17.4 Å². The number of para-hydroxylation sites is 1. The smallest absolute Gasteiger partial charge is 0.255 e. The molecule has 0 aliphatic carbocycles. The van der Waals surface area contributed by atoms with Crippen LogP contribution < -0.4 is 16.0 Å². The summed E-state index contributed by atoms with van der Waals surface area (Å²) in [6.45, 7) is 0.803. The summed E-state index contributed by atoms with van der Waals surface area (Å²) >= 11 is 0. The first-order valence-electron chi connectivity index (χ1n) is 8.36. The van der Waals surface area contributed by atoms with Crippen LogP contribution in [0.25, 0.3) is 10.9 Å². The molecule has 122 valence electrons. The molecule has 2 aromatic carbocycles. The Kier molecular flexibility index (Phi) is 2.97. The van der Waals surface area contributed by atoms with Gasteiger partial charge < -0.3 is 16.0 Å². The zero-order valence-electron chi connectivity index (χ0n) is 13.5. The third-order valence-corrected chi connectivity index (χ3v) is 5.07. The summed E-state index contributed by atoms with van der Waals surface area (Å²) in [6, 6.07) is 17.7. The molecular formula is C20H16N4O. The number of carbonyl (C=O) groups excluding carboxylic acids is 1. The van der Waals surface area contributed by atoms with Gasteiger partial charge in [-0.05, 0) is 41.8 Å². The molecule has 25 heavy (non-hydrogen) atoms. The second kappa shape index (κ2) is 5.20. The Morgan fingerprint density at radius 3 is 3.12 bits per heavy atom. The van der Waals surface area contributed by atoms with E-state index in [1.807, 2.05) is 36.4 Å². The summed E-state index contributed by atoms with van der Waals surface area (Å²) in [5.74, 6) is -0.0611. The molecule has 0 bridgehead atoms. The van der Waals surface area contributed by atoms with Crippen molar-refractivity contribution < 1.29 is 4.79 Å². The van der Waals surface area contributed by atoms with Crippen LogP contribution in [0.1, 0.15) is 40.1 Å². The lowest BCUT2D eigenvalue weighted by Gasteiger charge is -2.44. The lowest BCUT2D eigenvalue weighted by atomic mass is 9.90. The number of hydrogen-bond acceptors (Lipinski definition) is 4. The van der Waals surface area contributed by atoms with Crippen molar-refractivity contribution >= 4 is 22.5 Å². The van der Waals surface area contributed by atoms with Crippen LogP contribution >= 0.6 is 0 Å². The molecule has 0 saturated heterocycles. The number of rotatable bonds is 1. The van der Waals surface area contributed by atoms with Crippen molar-refractivity contribution in [1.82, 2.24) is 10.3 Å². The summed E-state index contributed by atoms with van der Waals surface area (Å²) in [6.07, 6.45) is 2.25. The second-order valence-corrected chi connectivity index (χ2v) is 6.51. The van der Waals surface area contributed by atoms with Gasteiger partial charge in [-0.1, -0.05) is 24.3 Å². The Labute approximate surface area is 145 Å². The molecule has 0 saturated carbocycles. The average Bonchev–Trinajstić information content (AvgIpc) is 2.66. The van der Waals surface area contributed by atoms with Crippen molar-refractivity contribution in [2.24, 2.45) is 5.73 Å². The van der Waals surface area contributed by atoms with Crippen molar-refractivity contribution in [3.8, 4) is 0 Å². The van der Waals surface area contributed by atoms with Crippen molar-refractivity contribution in [3.05, 3.63) is 71.4 Å². The van der Waals surface area contributed by atoms with Gasteiger partial charge in [-0.3, -0.25) is 4.79 Å². The van der Waals surface area contributed by atoms with E-state index < -0.39 is 0 Å². The molecule has 3 aromatic rings. The lowest BCUT2D eigenvalue weighted by Crippen LogP contribution is -2.49. The highest BCUT2D eigenvalue weighted by Crippen LogP contribution is 2.42. The van der Waals surface area contributed by atoms with Gasteiger partial charge in [0.2, 0.25) is 0 Å². The second-order valence-electron chi connectivity index (χ2n) is 6.51. The fourth-order valence-corrected chi connectivity index (χ4v) is 3.86. The lowest BCUT2D eigenvalue weighted by molar-refractivity contribution is 0.0925. The molecule has 2 aliphatic rings. The molecular weight excluding hydrogens is 312 g/mol. The number of nitrogens with zero attached hydrogens (tertiary/aromatic N) is 2. The van der Waals surface area contributed by atoms with Gasteiger partial charge in [-0.15, -0.1) is 0 Å². The molecule has 5 rings (SSSR count). The van der Waals surface area contributed by atoms with E-state index >= 15 is 0 Å². The van der Waals surface area contributed by atoms with Gasteiger partial charge in [0, 0.05) is 12.6 Å². The molecule has 3 N–H and O–H groups in total. The molecule has 2 atom stereocenters. The van der Waals surface area contributed by atoms with Gasteiger partial charge in [-0.25, -0.2) is 4.98 Å². The van der Waals surface area contributed by atoms with Crippen molar-refractivity contribution in [3.63, 3.8) is 0 Å². The molecule has 2 aliphatic heterocycles. The van der Waals surface area contributed by atoms with Crippen LogP contribution in [0.5, 0.6) is 0 Å². The Morgan fingerprint density at radius 1 is 1.28 bits per heavy atom. The molecule has 0 unspecified atom stereocenters.